The van der Waals surface area contributed by atoms with Crippen molar-refractivity contribution in [2.24, 2.45) is 0 Å². The fourth-order valence-corrected chi connectivity index (χ4v) is 2.07. The quantitative estimate of drug-likeness (QED) is 0.692. The zero-order valence-electron chi connectivity index (χ0n) is 6.94. The Kier molecular flexibility index (Phi) is 5.12. The Labute approximate surface area is 102 Å². The molecule has 0 atom stereocenters. The summed E-state index contributed by atoms with van der Waals surface area (Å²) in [5, 5.41) is 0. The van der Waals surface area contributed by atoms with Gasteiger partial charge in [-0.25, -0.2) is 0 Å². The third-order valence-electron chi connectivity index (χ3n) is 1.38. The molecule has 1 aromatic carbocycles. The molecular weight excluding hydrogens is 338 g/mol. The van der Waals surface area contributed by atoms with E-state index in [1.807, 2.05) is 24.3 Å². The largest absolute Gasteiger partial charge is 0.281 e. The van der Waals surface area contributed by atoms with E-state index in [1.165, 1.54) is 11.8 Å². The van der Waals surface area contributed by atoms with Gasteiger partial charge in [-0.3, -0.25) is 0 Å². The molecule has 0 aliphatic rings. The number of thioether (sulfide) groups is 1. The normalized spacial score (nSPS) is 10.0. The molecule has 14 heavy (non-hydrogen) atoms. The zero-order valence-corrected chi connectivity index (χ0v) is 10.9. The van der Waals surface area contributed by atoms with Crippen molar-refractivity contribution in [3.8, 4) is 0 Å². The van der Waals surface area contributed by atoms with E-state index in [9.17, 15) is 8.78 Å². The van der Waals surface area contributed by atoms with E-state index in [0.717, 1.165) is 9.37 Å². The van der Waals surface area contributed by atoms with E-state index in [2.05, 4.69) is 31.9 Å². The van der Waals surface area contributed by atoms with E-state index in [-0.39, 0.29) is 10.2 Å². The molecule has 0 aliphatic heterocycles. The summed E-state index contributed by atoms with van der Waals surface area (Å²) in [6.45, 7) is 0. The van der Waals surface area contributed by atoms with Crippen LogP contribution in [0.1, 0.15) is 0 Å². The fraction of sp³-hybridized carbons (Fsp3) is 0.111. The standard InChI is InChI=1S/C9H6Br2F2S/c10-6-1-3-7(4-2-6)14-5-8(11)9(12)13/h1-4H,5H2. The predicted octanol–water partition coefficient (Wildman–Crippen LogP) is 5.04. The topological polar surface area (TPSA) is 0 Å². The minimum Gasteiger partial charge on any atom is -0.172 e. The van der Waals surface area contributed by atoms with Crippen molar-refractivity contribution in [1.29, 1.82) is 0 Å². The SMILES string of the molecule is FC(F)=C(Br)CSc1ccc(Br)cc1. The molecule has 0 bridgehead atoms. The first-order chi connectivity index (χ1) is 6.59. The van der Waals surface area contributed by atoms with E-state index in [0.29, 0.717) is 0 Å². The molecule has 0 fully saturated rings. The Morgan fingerprint density at radius 1 is 1.21 bits per heavy atom. The van der Waals surface area contributed by atoms with E-state index < -0.39 is 6.08 Å². The van der Waals surface area contributed by atoms with Gasteiger partial charge in [-0.05, 0) is 40.2 Å². The monoisotopic (exact) mass is 342 g/mol. The molecule has 0 heterocycles. The van der Waals surface area contributed by atoms with Gasteiger partial charge in [-0.2, -0.15) is 8.78 Å². The Hall–Kier alpha value is 0.130. The van der Waals surface area contributed by atoms with Gasteiger partial charge in [0.1, 0.15) is 0 Å². The van der Waals surface area contributed by atoms with Crippen molar-refractivity contribution in [2.45, 2.75) is 4.90 Å². The van der Waals surface area contributed by atoms with Gasteiger partial charge in [-0.1, -0.05) is 15.9 Å². The van der Waals surface area contributed by atoms with Gasteiger partial charge in [-0.15, -0.1) is 11.8 Å². The van der Waals surface area contributed by atoms with E-state index >= 15 is 0 Å². The molecule has 76 valence electrons. The van der Waals surface area contributed by atoms with Crippen molar-refractivity contribution in [2.75, 3.05) is 5.75 Å². The number of hydrogen-bond donors (Lipinski definition) is 0. The summed E-state index contributed by atoms with van der Waals surface area (Å²) >= 11 is 7.47. The maximum atomic E-state index is 12.0. The summed E-state index contributed by atoms with van der Waals surface area (Å²) in [7, 11) is 0. The Morgan fingerprint density at radius 3 is 2.29 bits per heavy atom. The molecule has 0 spiro atoms. The van der Waals surface area contributed by atoms with Crippen LogP contribution in [0, 0.1) is 0 Å². The number of halogens is 4. The van der Waals surface area contributed by atoms with Gasteiger partial charge >= 0.3 is 0 Å². The molecule has 0 N–H and O–H groups in total. The molecule has 1 rings (SSSR count). The van der Waals surface area contributed by atoms with Crippen LogP contribution in [0.15, 0.2) is 44.2 Å². The molecule has 0 unspecified atom stereocenters. The van der Waals surface area contributed by atoms with Crippen molar-refractivity contribution >= 4 is 43.6 Å². The average Bonchev–Trinajstić information content (AvgIpc) is 2.16. The van der Waals surface area contributed by atoms with Gasteiger partial charge in [0, 0.05) is 15.1 Å². The van der Waals surface area contributed by atoms with E-state index in [4.69, 9.17) is 0 Å². The summed E-state index contributed by atoms with van der Waals surface area (Å²) in [6, 6.07) is 7.52. The average molecular weight is 344 g/mol. The molecule has 0 aliphatic carbocycles. The van der Waals surface area contributed by atoms with Crippen molar-refractivity contribution in [1.82, 2.24) is 0 Å². The maximum absolute atomic E-state index is 12.0. The minimum absolute atomic E-state index is 0.0505. The maximum Gasteiger partial charge on any atom is 0.281 e. The molecule has 0 nitrogen and oxygen atoms in total. The van der Waals surface area contributed by atoms with Crippen molar-refractivity contribution in [3.63, 3.8) is 0 Å². The molecular formula is C9H6Br2F2S. The van der Waals surface area contributed by atoms with Crippen LogP contribution >= 0.6 is 43.6 Å². The van der Waals surface area contributed by atoms with Gasteiger partial charge in [0.15, 0.2) is 0 Å². The highest BCUT2D eigenvalue weighted by atomic mass is 79.9. The smallest absolute Gasteiger partial charge is 0.172 e. The molecule has 0 aromatic heterocycles. The van der Waals surface area contributed by atoms with Crippen LogP contribution in [0.25, 0.3) is 0 Å². The summed E-state index contributed by atoms with van der Waals surface area (Å²) in [5.41, 5.74) is 0. The van der Waals surface area contributed by atoms with Gasteiger partial charge in [0.25, 0.3) is 6.08 Å². The molecule has 0 radical (unpaired) electrons. The first-order valence-corrected chi connectivity index (χ1v) is 6.25. The van der Waals surface area contributed by atoms with Gasteiger partial charge < -0.3 is 0 Å². The second kappa shape index (κ2) is 5.88. The Balaban J connectivity index is 2.54. The second-order valence-corrected chi connectivity index (χ2v) is 5.33. The van der Waals surface area contributed by atoms with Crippen molar-refractivity contribution < 1.29 is 8.78 Å². The number of hydrogen-bond acceptors (Lipinski definition) is 1. The van der Waals surface area contributed by atoms with Crippen LogP contribution in [0.2, 0.25) is 0 Å². The highest BCUT2D eigenvalue weighted by Crippen LogP contribution is 2.26. The van der Waals surface area contributed by atoms with E-state index in [1.54, 1.807) is 0 Å². The predicted molar refractivity (Wildman–Crippen MR) is 63.0 cm³/mol. The highest BCUT2D eigenvalue weighted by Gasteiger charge is 2.02. The van der Waals surface area contributed by atoms with Crippen LogP contribution < -0.4 is 0 Å². The molecule has 1 aromatic rings. The summed E-state index contributed by atoms with van der Waals surface area (Å²) in [6.07, 6.45) is -1.66. The van der Waals surface area contributed by atoms with Crippen LogP contribution in [0.5, 0.6) is 0 Å². The first-order valence-electron chi connectivity index (χ1n) is 3.67. The molecule has 0 saturated heterocycles. The van der Waals surface area contributed by atoms with Crippen LogP contribution in [-0.2, 0) is 0 Å². The number of rotatable bonds is 3. The van der Waals surface area contributed by atoms with Gasteiger partial charge in [0.05, 0.1) is 4.48 Å². The lowest BCUT2D eigenvalue weighted by Crippen LogP contribution is -1.80. The minimum atomic E-state index is -1.66. The lowest BCUT2D eigenvalue weighted by molar-refractivity contribution is 0.419. The molecule has 0 saturated carbocycles. The van der Waals surface area contributed by atoms with Gasteiger partial charge in [0.2, 0.25) is 0 Å². The zero-order chi connectivity index (χ0) is 10.6. The lowest BCUT2D eigenvalue weighted by Gasteiger charge is -2.00. The lowest BCUT2D eigenvalue weighted by atomic mass is 10.4. The van der Waals surface area contributed by atoms with Crippen LogP contribution in [0.3, 0.4) is 0 Å². The summed E-state index contributed by atoms with van der Waals surface area (Å²) < 4.78 is 24.9. The summed E-state index contributed by atoms with van der Waals surface area (Å²) in [5.74, 6) is 0.254. The number of benzene rings is 1. The van der Waals surface area contributed by atoms with Crippen LogP contribution in [-0.4, -0.2) is 5.75 Å². The molecule has 0 amide bonds. The Bertz CT molecular complexity index is 331. The summed E-state index contributed by atoms with van der Waals surface area (Å²) in [4.78, 5) is 0.964. The first kappa shape index (κ1) is 12.2. The second-order valence-electron chi connectivity index (χ2n) is 2.41. The Morgan fingerprint density at radius 2 is 1.79 bits per heavy atom. The van der Waals surface area contributed by atoms with Crippen molar-refractivity contribution in [3.05, 3.63) is 39.3 Å². The third-order valence-corrected chi connectivity index (χ3v) is 3.90. The van der Waals surface area contributed by atoms with Crippen LogP contribution in [0.4, 0.5) is 8.78 Å². The molecule has 5 heteroatoms. The fourth-order valence-electron chi connectivity index (χ4n) is 0.732. The highest BCUT2D eigenvalue weighted by molar-refractivity contribution is 9.12. The third kappa shape index (κ3) is 4.11.